The lowest BCUT2D eigenvalue weighted by Crippen LogP contribution is -2.18. The maximum atomic E-state index is 6.18. The molecule has 2 aliphatic carbocycles. The number of methoxy groups -OCH3 is 1. The third-order valence-corrected chi connectivity index (χ3v) is 3.61. The maximum absolute atomic E-state index is 6.18. The molecule has 2 fully saturated rings. The fraction of sp³-hybridized carbons (Fsp3) is 0.538. The normalized spacial score (nSPS) is 22.5. The van der Waals surface area contributed by atoms with E-state index in [1.165, 1.54) is 24.0 Å². The quantitative estimate of drug-likeness (QED) is 0.819. The highest BCUT2D eigenvalue weighted by Gasteiger charge is 2.40. The number of hydrogen-bond donors (Lipinski definition) is 1. The van der Waals surface area contributed by atoms with Crippen LogP contribution in [0.1, 0.15) is 42.7 Å². The Morgan fingerprint density at radius 1 is 1.33 bits per heavy atom. The minimum absolute atomic E-state index is 0.0463. The summed E-state index contributed by atoms with van der Waals surface area (Å²) in [5, 5.41) is 0. The van der Waals surface area contributed by atoms with Crippen molar-refractivity contribution in [3.05, 3.63) is 29.3 Å². The second kappa shape index (κ2) is 2.99. The molecule has 2 aliphatic rings. The van der Waals surface area contributed by atoms with Crippen molar-refractivity contribution in [1.82, 2.24) is 0 Å². The van der Waals surface area contributed by atoms with Crippen molar-refractivity contribution in [2.45, 2.75) is 37.1 Å². The molecule has 2 heteroatoms. The van der Waals surface area contributed by atoms with E-state index in [-0.39, 0.29) is 5.54 Å². The summed E-state index contributed by atoms with van der Waals surface area (Å²) in [6, 6.07) is 6.53. The van der Waals surface area contributed by atoms with Gasteiger partial charge in [-0.15, -0.1) is 0 Å². The van der Waals surface area contributed by atoms with Crippen LogP contribution in [0.4, 0.5) is 0 Å². The molecule has 0 spiro atoms. The number of benzene rings is 1. The third-order valence-electron chi connectivity index (χ3n) is 3.61. The molecule has 0 radical (unpaired) electrons. The summed E-state index contributed by atoms with van der Waals surface area (Å²) in [4.78, 5) is 0. The van der Waals surface area contributed by atoms with Gasteiger partial charge < -0.3 is 10.5 Å². The van der Waals surface area contributed by atoms with Crippen LogP contribution in [0.2, 0.25) is 0 Å². The Labute approximate surface area is 90.4 Å². The standard InChI is InChI=1S/C13H17NO/c1-15-12-8-10(13(14)6-7-13)4-5-11(12)9-2-3-9/h4-5,8-9H,2-3,6-7,14H2,1H3. The third kappa shape index (κ3) is 1.53. The van der Waals surface area contributed by atoms with Gasteiger partial charge in [-0.2, -0.15) is 0 Å². The average Bonchev–Trinajstić information content (AvgIpc) is 3.12. The van der Waals surface area contributed by atoms with E-state index >= 15 is 0 Å². The van der Waals surface area contributed by atoms with E-state index in [9.17, 15) is 0 Å². The summed E-state index contributed by atoms with van der Waals surface area (Å²) in [6.45, 7) is 0. The van der Waals surface area contributed by atoms with Gasteiger partial charge in [0.25, 0.3) is 0 Å². The number of nitrogens with two attached hydrogens (primary N) is 1. The Kier molecular flexibility index (Phi) is 1.84. The van der Waals surface area contributed by atoms with Crippen molar-refractivity contribution in [2.75, 3.05) is 7.11 Å². The SMILES string of the molecule is COc1cc(C2(N)CC2)ccc1C1CC1. The van der Waals surface area contributed by atoms with Crippen LogP contribution in [-0.2, 0) is 5.54 Å². The maximum Gasteiger partial charge on any atom is 0.122 e. The zero-order chi connectivity index (χ0) is 10.5. The average molecular weight is 203 g/mol. The first-order chi connectivity index (χ1) is 7.23. The molecule has 2 nitrogen and oxygen atoms in total. The zero-order valence-electron chi connectivity index (χ0n) is 9.12. The Balaban J connectivity index is 1.98. The molecule has 0 aliphatic heterocycles. The lowest BCUT2D eigenvalue weighted by atomic mass is 10.0. The van der Waals surface area contributed by atoms with E-state index < -0.39 is 0 Å². The lowest BCUT2D eigenvalue weighted by molar-refractivity contribution is 0.408. The highest BCUT2D eigenvalue weighted by atomic mass is 16.5. The molecule has 0 saturated heterocycles. The minimum Gasteiger partial charge on any atom is -0.496 e. The van der Waals surface area contributed by atoms with Crippen molar-refractivity contribution >= 4 is 0 Å². The molecule has 0 unspecified atom stereocenters. The molecule has 2 saturated carbocycles. The Hall–Kier alpha value is -1.02. The molecular weight excluding hydrogens is 186 g/mol. The molecule has 15 heavy (non-hydrogen) atoms. The van der Waals surface area contributed by atoms with E-state index in [0.717, 1.165) is 24.5 Å². The monoisotopic (exact) mass is 203 g/mol. The van der Waals surface area contributed by atoms with Crippen molar-refractivity contribution in [2.24, 2.45) is 5.73 Å². The van der Waals surface area contributed by atoms with E-state index in [0.29, 0.717) is 0 Å². The van der Waals surface area contributed by atoms with Gasteiger partial charge in [-0.1, -0.05) is 12.1 Å². The number of hydrogen-bond acceptors (Lipinski definition) is 2. The van der Waals surface area contributed by atoms with Gasteiger partial charge >= 0.3 is 0 Å². The van der Waals surface area contributed by atoms with Gasteiger partial charge in [-0.3, -0.25) is 0 Å². The Morgan fingerprint density at radius 2 is 2.07 bits per heavy atom. The number of rotatable bonds is 3. The molecular formula is C13H17NO. The van der Waals surface area contributed by atoms with Crippen molar-refractivity contribution in [3.8, 4) is 5.75 Å². The summed E-state index contributed by atoms with van der Waals surface area (Å²) in [5.41, 5.74) is 8.74. The van der Waals surface area contributed by atoms with E-state index in [4.69, 9.17) is 10.5 Å². The molecule has 0 aromatic heterocycles. The predicted octanol–water partition coefficient (Wildman–Crippen LogP) is 2.52. The van der Waals surface area contributed by atoms with Crippen LogP contribution < -0.4 is 10.5 Å². The first kappa shape index (κ1) is 9.22. The molecule has 80 valence electrons. The van der Waals surface area contributed by atoms with Crippen LogP contribution >= 0.6 is 0 Å². The zero-order valence-corrected chi connectivity index (χ0v) is 9.12. The Morgan fingerprint density at radius 3 is 2.60 bits per heavy atom. The molecule has 1 aromatic rings. The lowest BCUT2D eigenvalue weighted by Gasteiger charge is -2.13. The van der Waals surface area contributed by atoms with Crippen LogP contribution in [0.5, 0.6) is 5.75 Å². The summed E-state index contributed by atoms with van der Waals surface area (Å²) < 4.78 is 5.45. The molecule has 0 bridgehead atoms. The first-order valence-corrected chi connectivity index (χ1v) is 5.70. The Bertz CT molecular complexity index is 392. The van der Waals surface area contributed by atoms with Crippen molar-refractivity contribution in [3.63, 3.8) is 0 Å². The summed E-state index contributed by atoms with van der Waals surface area (Å²) in [7, 11) is 1.75. The topological polar surface area (TPSA) is 35.2 Å². The molecule has 0 amide bonds. The predicted molar refractivity (Wildman–Crippen MR) is 60.1 cm³/mol. The van der Waals surface area contributed by atoms with Gasteiger partial charge in [-0.25, -0.2) is 0 Å². The summed E-state index contributed by atoms with van der Waals surface area (Å²) in [5.74, 6) is 1.77. The van der Waals surface area contributed by atoms with Crippen LogP contribution in [-0.4, -0.2) is 7.11 Å². The van der Waals surface area contributed by atoms with Gasteiger partial charge in [0.1, 0.15) is 5.75 Å². The molecule has 1 aromatic carbocycles. The van der Waals surface area contributed by atoms with Gasteiger partial charge in [0.15, 0.2) is 0 Å². The van der Waals surface area contributed by atoms with Gasteiger partial charge in [0.05, 0.1) is 7.11 Å². The van der Waals surface area contributed by atoms with Gasteiger partial charge in [0, 0.05) is 5.54 Å². The van der Waals surface area contributed by atoms with E-state index in [2.05, 4.69) is 18.2 Å². The first-order valence-electron chi connectivity index (χ1n) is 5.70. The van der Waals surface area contributed by atoms with Gasteiger partial charge in [-0.05, 0) is 48.8 Å². The molecule has 3 rings (SSSR count). The second-order valence-electron chi connectivity index (χ2n) is 4.89. The van der Waals surface area contributed by atoms with E-state index in [1.807, 2.05) is 0 Å². The van der Waals surface area contributed by atoms with Crippen molar-refractivity contribution in [1.29, 1.82) is 0 Å². The van der Waals surface area contributed by atoms with Crippen LogP contribution in [0.15, 0.2) is 18.2 Å². The summed E-state index contributed by atoms with van der Waals surface area (Å²) >= 11 is 0. The van der Waals surface area contributed by atoms with Crippen LogP contribution in [0.25, 0.3) is 0 Å². The smallest absolute Gasteiger partial charge is 0.122 e. The van der Waals surface area contributed by atoms with Crippen LogP contribution in [0.3, 0.4) is 0 Å². The fourth-order valence-corrected chi connectivity index (χ4v) is 2.18. The highest BCUT2D eigenvalue weighted by Crippen LogP contribution is 2.48. The second-order valence-corrected chi connectivity index (χ2v) is 4.89. The minimum atomic E-state index is -0.0463. The van der Waals surface area contributed by atoms with Gasteiger partial charge in [0.2, 0.25) is 0 Å². The molecule has 2 N–H and O–H groups in total. The van der Waals surface area contributed by atoms with Crippen molar-refractivity contribution < 1.29 is 4.74 Å². The molecule has 0 atom stereocenters. The molecule has 0 heterocycles. The van der Waals surface area contributed by atoms with Crippen LogP contribution in [0, 0.1) is 0 Å². The van der Waals surface area contributed by atoms with E-state index in [1.54, 1.807) is 7.11 Å². The number of ether oxygens (including phenoxy) is 1. The largest absolute Gasteiger partial charge is 0.496 e. The summed E-state index contributed by atoms with van der Waals surface area (Å²) in [6.07, 6.45) is 4.84. The fourth-order valence-electron chi connectivity index (χ4n) is 2.18. The highest BCUT2D eigenvalue weighted by molar-refractivity contribution is 5.45.